The van der Waals surface area contributed by atoms with E-state index >= 15 is 0 Å². The van der Waals surface area contributed by atoms with Gasteiger partial charge in [0.05, 0.1) is 13.7 Å². The number of hydrogen-bond acceptors (Lipinski definition) is 6. The fourth-order valence-corrected chi connectivity index (χ4v) is 2.86. The molecule has 0 saturated carbocycles. The molecule has 1 aromatic carbocycles. The van der Waals surface area contributed by atoms with Gasteiger partial charge in [0.1, 0.15) is 11.4 Å². The van der Waals surface area contributed by atoms with Crippen LogP contribution in [0.5, 0.6) is 5.75 Å². The second-order valence-electron chi connectivity index (χ2n) is 4.57. The van der Waals surface area contributed by atoms with E-state index in [4.69, 9.17) is 10.5 Å². The van der Waals surface area contributed by atoms with E-state index in [1.54, 1.807) is 7.11 Å². The Labute approximate surface area is 129 Å². The zero-order chi connectivity index (χ0) is 15.0. The third kappa shape index (κ3) is 2.42. The number of para-hydroxylation sites is 1. The van der Waals surface area contributed by atoms with E-state index in [0.717, 1.165) is 11.3 Å². The highest BCUT2D eigenvalue weighted by Crippen LogP contribution is 2.34. The maximum Gasteiger partial charge on any atom is 0.277 e. The number of nitrogens with two attached hydrogens (primary N) is 1. The number of methoxy groups -OCH3 is 1. The van der Waals surface area contributed by atoms with Gasteiger partial charge in [0.25, 0.3) is 5.56 Å². The van der Waals surface area contributed by atoms with Crippen molar-refractivity contribution < 1.29 is 4.74 Å². The Morgan fingerprint density at radius 1 is 1.48 bits per heavy atom. The lowest BCUT2D eigenvalue weighted by molar-refractivity contribution is 0.409. The number of nitrogens with one attached hydrogen (secondary N) is 2. The van der Waals surface area contributed by atoms with E-state index in [1.807, 2.05) is 29.2 Å². The van der Waals surface area contributed by atoms with Crippen molar-refractivity contribution in [2.45, 2.75) is 11.6 Å². The number of H-pyrrole nitrogens is 1. The molecule has 0 fully saturated rings. The minimum atomic E-state index is -0.288. The lowest BCUT2D eigenvalue weighted by Crippen LogP contribution is -2.30. The normalized spacial score (nSPS) is 16.5. The number of fused-ring (bicyclic) bond motifs is 1. The summed E-state index contributed by atoms with van der Waals surface area (Å²) < 4.78 is 5.35. The minimum absolute atomic E-state index is 0.0900. The molecular formula is C13H14BrN5O2. The summed E-state index contributed by atoms with van der Waals surface area (Å²) in [7, 11) is 1.63. The highest BCUT2D eigenvalue weighted by atomic mass is 79.9. The number of nitrogens with zero attached hydrogens (tertiary/aromatic N) is 2. The van der Waals surface area contributed by atoms with Gasteiger partial charge in [-0.2, -0.15) is 4.98 Å². The first kappa shape index (κ1) is 13.7. The van der Waals surface area contributed by atoms with Crippen LogP contribution >= 0.6 is 15.9 Å². The van der Waals surface area contributed by atoms with E-state index in [0.29, 0.717) is 18.1 Å². The van der Waals surface area contributed by atoms with Gasteiger partial charge in [0.15, 0.2) is 10.9 Å². The average molecular weight is 352 g/mol. The number of aromatic amines is 1. The van der Waals surface area contributed by atoms with E-state index in [9.17, 15) is 4.79 Å². The number of rotatable bonds is 3. The first-order valence-electron chi connectivity index (χ1n) is 6.29. The fourth-order valence-electron chi connectivity index (χ4n) is 2.29. The van der Waals surface area contributed by atoms with Crippen LogP contribution in [0.1, 0.15) is 5.56 Å². The number of halogens is 1. The topological polar surface area (TPSA) is 96.3 Å². The van der Waals surface area contributed by atoms with Crippen LogP contribution in [0, 0.1) is 0 Å². The molecule has 0 bridgehead atoms. The standard InChI is InChI=1S/C13H14BrN5O2/c1-21-8-5-3-2-4-7(8)6-19-10-9(16-12(19)14)11(20)18-13(15)17-10/h2-5,12,16H,6H2,1H3,(H3,15,17,18,20). The van der Waals surface area contributed by atoms with Crippen molar-refractivity contribution in [3.05, 3.63) is 40.2 Å². The molecule has 2 heterocycles. The number of aromatic nitrogens is 2. The number of anilines is 3. The predicted molar refractivity (Wildman–Crippen MR) is 84.8 cm³/mol. The summed E-state index contributed by atoms with van der Waals surface area (Å²) in [6.45, 7) is 0.524. The maximum atomic E-state index is 11.9. The molecule has 7 nitrogen and oxygen atoms in total. The Morgan fingerprint density at radius 3 is 3.00 bits per heavy atom. The van der Waals surface area contributed by atoms with Crippen molar-refractivity contribution in [2.75, 3.05) is 23.1 Å². The van der Waals surface area contributed by atoms with Gasteiger partial charge in [-0.25, -0.2) is 0 Å². The van der Waals surface area contributed by atoms with Crippen molar-refractivity contribution in [1.82, 2.24) is 9.97 Å². The minimum Gasteiger partial charge on any atom is -0.496 e. The van der Waals surface area contributed by atoms with Crippen LogP contribution in [0.4, 0.5) is 17.5 Å². The third-order valence-corrected chi connectivity index (χ3v) is 3.98. The first-order chi connectivity index (χ1) is 10.1. The van der Waals surface area contributed by atoms with Crippen molar-refractivity contribution in [1.29, 1.82) is 0 Å². The highest BCUT2D eigenvalue weighted by molar-refractivity contribution is 9.09. The molecule has 1 unspecified atom stereocenters. The monoisotopic (exact) mass is 351 g/mol. The van der Waals surface area contributed by atoms with Crippen LogP contribution in [-0.4, -0.2) is 22.2 Å². The zero-order valence-electron chi connectivity index (χ0n) is 11.3. The molecule has 1 aliphatic heterocycles. The van der Waals surface area contributed by atoms with Gasteiger partial charge in [-0.05, 0) is 22.0 Å². The Morgan fingerprint density at radius 2 is 2.24 bits per heavy atom. The fraction of sp³-hybridized carbons (Fsp3) is 0.231. The summed E-state index contributed by atoms with van der Waals surface area (Å²) in [6.07, 6.45) is 0. The smallest absolute Gasteiger partial charge is 0.277 e. The molecule has 0 saturated heterocycles. The van der Waals surface area contributed by atoms with Crippen LogP contribution in [-0.2, 0) is 6.54 Å². The molecule has 0 amide bonds. The highest BCUT2D eigenvalue weighted by Gasteiger charge is 2.31. The largest absolute Gasteiger partial charge is 0.496 e. The van der Waals surface area contributed by atoms with Crippen molar-refractivity contribution in [3.63, 3.8) is 0 Å². The average Bonchev–Trinajstić information content (AvgIpc) is 2.77. The van der Waals surface area contributed by atoms with Crippen molar-refractivity contribution in [3.8, 4) is 5.75 Å². The predicted octanol–water partition coefficient (Wildman–Crippen LogP) is 1.47. The molecular weight excluding hydrogens is 338 g/mol. The molecule has 0 spiro atoms. The number of benzene rings is 1. The number of ether oxygens (including phenoxy) is 1. The van der Waals surface area contributed by atoms with E-state index in [-0.39, 0.29) is 16.6 Å². The van der Waals surface area contributed by atoms with Crippen LogP contribution in [0.3, 0.4) is 0 Å². The van der Waals surface area contributed by atoms with Gasteiger partial charge in [0.2, 0.25) is 5.95 Å². The first-order valence-corrected chi connectivity index (χ1v) is 7.20. The summed E-state index contributed by atoms with van der Waals surface area (Å²) in [5.74, 6) is 1.39. The van der Waals surface area contributed by atoms with Crippen LogP contribution in [0.2, 0.25) is 0 Å². The summed E-state index contributed by atoms with van der Waals surface area (Å²) in [5, 5.41) is 2.80. The Hall–Kier alpha value is -2.22. The lowest BCUT2D eigenvalue weighted by Gasteiger charge is -2.22. The molecule has 4 N–H and O–H groups in total. The Balaban J connectivity index is 2.00. The molecule has 1 aliphatic rings. The van der Waals surface area contributed by atoms with Gasteiger partial charge in [0, 0.05) is 5.56 Å². The third-order valence-electron chi connectivity index (χ3n) is 3.26. The SMILES string of the molecule is COc1ccccc1CN1c2nc(N)[nH]c(=O)c2NC1Br. The summed E-state index contributed by atoms with van der Waals surface area (Å²) in [6, 6.07) is 7.70. The van der Waals surface area contributed by atoms with Crippen molar-refractivity contribution in [2.24, 2.45) is 0 Å². The van der Waals surface area contributed by atoms with Crippen LogP contribution < -0.4 is 26.2 Å². The maximum absolute atomic E-state index is 11.9. The number of nitrogen functional groups attached to an aromatic ring is 1. The number of hydrogen-bond donors (Lipinski definition) is 3. The molecule has 0 aliphatic carbocycles. The molecule has 3 rings (SSSR count). The van der Waals surface area contributed by atoms with E-state index in [1.165, 1.54) is 0 Å². The summed E-state index contributed by atoms with van der Waals surface area (Å²) in [4.78, 5) is 20.5. The second-order valence-corrected chi connectivity index (χ2v) is 5.44. The molecule has 2 aromatic rings. The summed E-state index contributed by atoms with van der Waals surface area (Å²) in [5.41, 5.74) is 6.73. The van der Waals surface area contributed by atoms with E-state index in [2.05, 4.69) is 31.2 Å². The molecule has 1 aromatic heterocycles. The van der Waals surface area contributed by atoms with Crippen LogP contribution in [0.25, 0.3) is 0 Å². The number of alkyl halides is 1. The van der Waals surface area contributed by atoms with Gasteiger partial charge < -0.3 is 20.7 Å². The molecule has 1 atom stereocenters. The van der Waals surface area contributed by atoms with Gasteiger partial charge in [-0.15, -0.1) is 0 Å². The van der Waals surface area contributed by atoms with Crippen LogP contribution in [0.15, 0.2) is 29.1 Å². The molecule has 21 heavy (non-hydrogen) atoms. The van der Waals surface area contributed by atoms with Gasteiger partial charge in [-0.3, -0.25) is 9.78 Å². The van der Waals surface area contributed by atoms with Gasteiger partial charge >= 0.3 is 0 Å². The quantitative estimate of drug-likeness (QED) is 0.572. The van der Waals surface area contributed by atoms with Crippen molar-refractivity contribution >= 4 is 33.4 Å². The molecule has 8 heteroatoms. The van der Waals surface area contributed by atoms with E-state index < -0.39 is 0 Å². The van der Waals surface area contributed by atoms with Gasteiger partial charge in [-0.1, -0.05) is 18.2 Å². The second kappa shape index (κ2) is 5.28. The molecule has 110 valence electrons. The summed E-state index contributed by atoms with van der Waals surface area (Å²) >= 11 is 3.49. The Kier molecular flexibility index (Phi) is 3.46. The zero-order valence-corrected chi connectivity index (χ0v) is 12.8. The lowest BCUT2D eigenvalue weighted by atomic mass is 10.2. The molecule has 0 radical (unpaired) electrons. The Bertz CT molecular complexity index is 733.